The Morgan fingerprint density at radius 3 is 2.65 bits per heavy atom. The third-order valence-electron chi connectivity index (χ3n) is 4.27. The minimum Gasteiger partial charge on any atom is -0.497 e. The molecule has 0 aromatic heterocycles. The molecule has 26 heavy (non-hydrogen) atoms. The molecule has 2 amide bonds. The SMILES string of the molecule is COc1ccc(CCNC(=O)CN2C(=O)[C@@H](C)Oc3ccccc32)cc1. The van der Waals surface area contributed by atoms with Crippen molar-refractivity contribution in [1.82, 2.24) is 5.32 Å². The van der Waals surface area contributed by atoms with Gasteiger partial charge in [-0.05, 0) is 43.2 Å². The molecule has 1 heterocycles. The Bertz CT molecular complexity index is 789. The maximum atomic E-state index is 12.4. The molecule has 1 aliphatic heterocycles. The van der Waals surface area contributed by atoms with E-state index in [4.69, 9.17) is 9.47 Å². The second-order valence-electron chi connectivity index (χ2n) is 6.10. The van der Waals surface area contributed by atoms with Crippen LogP contribution in [0.4, 0.5) is 5.69 Å². The zero-order valence-electron chi connectivity index (χ0n) is 14.9. The van der Waals surface area contributed by atoms with Crippen LogP contribution in [0.2, 0.25) is 0 Å². The first-order chi connectivity index (χ1) is 12.6. The van der Waals surface area contributed by atoms with E-state index in [0.29, 0.717) is 24.4 Å². The van der Waals surface area contributed by atoms with Crippen LogP contribution in [0.25, 0.3) is 0 Å². The molecule has 0 spiro atoms. The van der Waals surface area contributed by atoms with E-state index < -0.39 is 6.10 Å². The van der Waals surface area contributed by atoms with Crippen LogP contribution in [0.3, 0.4) is 0 Å². The van der Waals surface area contributed by atoms with E-state index in [0.717, 1.165) is 11.3 Å². The third kappa shape index (κ3) is 3.96. The molecule has 0 saturated carbocycles. The summed E-state index contributed by atoms with van der Waals surface area (Å²) in [5.74, 6) is 1.01. The topological polar surface area (TPSA) is 67.9 Å². The van der Waals surface area contributed by atoms with Crippen molar-refractivity contribution in [3.05, 3.63) is 54.1 Å². The van der Waals surface area contributed by atoms with Gasteiger partial charge in [0.25, 0.3) is 5.91 Å². The minimum atomic E-state index is -0.600. The summed E-state index contributed by atoms with van der Waals surface area (Å²) in [6.45, 7) is 2.17. The number of nitrogens with one attached hydrogen (secondary N) is 1. The van der Waals surface area contributed by atoms with Crippen molar-refractivity contribution in [3.8, 4) is 11.5 Å². The molecule has 2 aromatic carbocycles. The summed E-state index contributed by atoms with van der Waals surface area (Å²) in [5.41, 5.74) is 1.73. The molecule has 6 heteroatoms. The van der Waals surface area contributed by atoms with Gasteiger partial charge in [-0.15, -0.1) is 0 Å². The lowest BCUT2D eigenvalue weighted by molar-refractivity contribution is -0.128. The standard InChI is InChI=1S/C20H22N2O4/c1-14-20(24)22(17-5-3-4-6-18(17)26-14)13-19(23)21-12-11-15-7-9-16(25-2)10-8-15/h3-10,14H,11-13H2,1-2H3,(H,21,23)/t14-/m1/s1. The van der Waals surface area contributed by atoms with Gasteiger partial charge in [0.15, 0.2) is 6.10 Å². The van der Waals surface area contributed by atoms with Gasteiger partial charge in [0, 0.05) is 6.54 Å². The van der Waals surface area contributed by atoms with Crippen molar-refractivity contribution >= 4 is 17.5 Å². The Morgan fingerprint density at radius 2 is 1.92 bits per heavy atom. The molecule has 6 nitrogen and oxygen atoms in total. The number of amides is 2. The molecule has 1 atom stereocenters. The largest absolute Gasteiger partial charge is 0.497 e. The maximum absolute atomic E-state index is 12.4. The molecule has 1 aliphatic rings. The number of hydrogen-bond acceptors (Lipinski definition) is 4. The number of nitrogens with zero attached hydrogens (tertiary/aromatic N) is 1. The van der Waals surface area contributed by atoms with Crippen molar-refractivity contribution in [2.45, 2.75) is 19.4 Å². The third-order valence-corrected chi connectivity index (χ3v) is 4.27. The molecule has 0 fully saturated rings. The molecule has 0 radical (unpaired) electrons. The molecule has 2 aromatic rings. The van der Waals surface area contributed by atoms with Crippen LogP contribution < -0.4 is 19.7 Å². The second-order valence-corrected chi connectivity index (χ2v) is 6.10. The van der Waals surface area contributed by atoms with Crippen LogP contribution in [-0.2, 0) is 16.0 Å². The van der Waals surface area contributed by atoms with Gasteiger partial charge in [-0.1, -0.05) is 24.3 Å². The zero-order chi connectivity index (χ0) is 18.5. The average molecular weight is 354 g/mol. The summed E-state index contributed by atoms with van der Waals surface area (Å²) >= 11 is 0. The molecule has 1 N–H and O–H groups in total. The number of benzene rings is 2. The van der Waals surface area contributed by atoms with Crippen LogP contribution in [0.15, 0.2) is 48.5 Å². The Morgan fingerprint density at radius 1 is 1.19 bits per heavy atom. The Hall–Kier alpha value is -3.02. The Balaban J connectivity index is 1.56. The molecule has 3 rings (SSSR count). The molecule has 0 bridgehead atoms. The number of hydrogen-bond donors (Lipinski definition) is 1. The predicted molar refractivity (Wildman–Crippen MR) is 98.6 cm³/mol. The van der Waals surface area contributed by atoms with E-state index in [1.54, 1.807) is 26.2 Å². The average Bonchev–Trinajstić information content (AvgIpc) is 2.66. The van der Waals surface area contributed by atoms with Crippen LogP contribution in [0.1, 0.15) is 12.5 Å². The molecule has 0 saturated heterocycles. The molecule has 136 valence electrons. The highest BCUT2D eigenvalue weighted by Crippen LogP contribution is 2.33. The molecular weight excluding hydrogens is 332 g/mol. The predicted octanol–water partition coefficient (Wildman–Crippen LogP) is 2.17. The summed E-state index contributed by atoms with van der Waals surface area (Å²) in [6, 6.07) is 15.0. The number of anilines is 1. The summed E-state index contributed by atoms with van der Waals surface area (Å²) in [5, 5.41) is 2.87. The van der Waals surface area contributed by atoms with Crippen molar-refractivity contribution in [3.63, 3.8) is 0 Å². The Kier molecular flexibility index (Phi) is 5.41. The lowest BCUT2D eigenvalue weighted by atomic mass is 10.1. The first-order valence-electron chi connectivity index (χ1n) is 8.55. The first kappa shape index (κ1) is 17.8. The van der Waals surface area contributed by atoms with E-state index >= 15 is 0 Å². The number of para-hydroxylation sites is 2. The molecule has 0 aliphatic carbocycles. The molecule has 0 unspecified atom stereocenters. The van der Waals surface area contributed by atoms with Crippen molar-refractivity contribution in [1.29, 1.82) is 0 Å². The lowest BCUT2D eigenvalue weighted by Gasteiger charge is -2.32. The zero-order valence-corrected chi connectivity index (χ0v) is 14.9. The van der Waals surface area contributed by atoms with Crippen molar-refractivity contribution in [2.75, 3.05) is 25.1 Å². The maximum Gasteiger partial charge on any atom is 0.268 e. The quantitative estimate of drug-likeness (QED) is 0.863. The Labute approximate surface area is 152 Å². The van der Waals surface area contributed by atoms with Gasteiger partial charge in [0.2, 0.25) is 5.91 Å². The summed E-state index contributed by atoms with van der Waals surface area (Å²) in [7, 11) is 1.63. The van der Waals surface area contributed by atoms with Gasteiger partial charge in [-0.3, -0.25) is 14.5 Å². The van der Waals surface area contributed by atoms with Gasteiger partial charge in [0.05, 0.1) is 12.8 Å². The lowest BCUT2D eigenvalue weighted by Crippen LogP contribution is -2.49. The highest BCUT2D eigenvalue weighted by Gasteiger charge is 2.32. The van der Waals surface area contributed by atoms with Gasteiger partial charge in [-0.25, -0.2) is 0 Å². The molecular formula is C20H22N2O4. The summed E-state index contributed by atoms with van der Waals surface area (Å²) in [4.78, 5) is 26.2. The smallest absolute Gasteiger partial charge is 0.268 e. The van der Waals surface area contributed by atoms with Crippen molar-refractivity contribution in [2.24, 2.45) is 0 Å². The first-order valence-corrected chi connectivity index (χ1v) is 8.55. The fourth-order valence-corrected chi connectivity index (χ4v) is 2.86. The summed E-state index contributed by atoms with van der Waals surface area (Å²) in [6.07, 6.45) is 0.108. The van der Waals surface area contributed by atoms with Gasteiger partial charge in [0.1, 0.15) is 18.0 Å². The summed E-state index contributed by atoms with van der Waals surface area (Å²) < 4.78 is 10.7. The van der Waals surface area contributed by atoms with Crippen molar-refractivity contribution < 1.29 is 19.1 Å². The van der Waals surface area contributed by atoms with E-state index in [-0.39, 0.29) is 18.4 Å². The van der Waals surface area contributed by atoms with Gasteiger partial charge in [-0.2, -0.15) is 0 Å². The van der Waals surface area contributed by atoms with E-state index in [2.05, 4.69) is 5.32 Å². The monoisotopic (exact) mass is 354 g/mol. The number of carbonyl (C=O) groups excluding carboxylic acids is 2. The van der Waals surface area contributed by atoms with Gasteiger partial charge < -0.3 is 14.8 Å². The number of rotatable bonds is 6. The van der Waals surface area contributed by atoms with E-state index in [9.17, 15) is 9.59 Å². The van der Waals surface area contributed by atoms with E-state index in [1.165, 1.54) is 4.90 Å². The number of fused-ring (bicyclic) bond motifs is 1. The van der Waals surface area contributed by atoms with Crippen LogP contribution in [0.5, 0.6) is 11.5 Å². The van der Waals surface area contributed by atoms with E-state index in [1.807, 2.05) is 36.4 Å². The van der Waals surface area contributed by atoms with Crippen LogP contribution in [-0.4, -0.2) is 38.1 Å². The second kappa shape index (κ2) is 7.91. The normalized spacial score (nSPS) is 15.8. The fraction of sp³-hybridized carbons (Fsp3) is 0.300. The van der Waals surface area contributed by atoms with Crippen LogP contribution >= 0.6 is 0 Å². The van der Waals surface area contributed by atoms with Crippen LogP contribution in [0, 0.1) is 0 Å². The number of ether oxygens (including phenoxy) is 2. The minimum absolute atomic E-state index is 0.0217. The number of methoxy groups -OCH3 is 1. The van der Waals surface area contributed by atoms with Gasteiger partial charge >= 0.3 is 0 Å². The number of carbonyl (C=O) groups is 2. The highest BCUT2D eigenvalue weighted by atomic mass is 16.5. The fourth-order valence-electron chi connectivity index (χ4n) is 2.86. The highest BCUT2D eigenvalue weighted by molar-refractivity contribution is 6.03.